The van der Waals surface area contributed by atoms with Crippen molar-refractivity contribution in [1.29, 1.82) is 0 Å². The third-order valence-electron chi connectivity index (χ3n) is 4.38. The fourth-order valence-electron chi connectivity index (χ4n) is 2.91. The summed E-state index contributed by atoms with van der Waals surface area (Å²) in [5, 5.41) is 20.0. The van der Waals surface area contributed by atoms with Gasteiger partial charge in [-0.15, -0.1) is 0 Å². The Hall–Kier alpha value is -2.05. The largest absolute Gasteiger partial charge is 0.384 e. The van der Waals surface area contributed by atoms with Gasteiger partial charge in [-0.05, 0) is 47.9 Å². The van der Waals surface area contributed by atoms with E-state index in [-0.39, 0.29) is 18.6 Å². The lowest BCUT2D eigenvalue weighted by Crippen LogP contribution is -2.47. The molecule has 1 saturated heterocycles. The highest BCUT2D eigenvalue weighted by Gasteiger charge is 2.27. The number of benzene rings is 1. The van der Waals surface area contributed by atoms with E-state index in [0.717, 1.165) is 25.1 Å². The number of carbonyl (C=O) groups is 1. The maximum Gasteiger partial charge on any atom is 0.315 e. The number of para-hydroxylation sites is 1. The fourth-order valence-corrected chi connectivity index (χ4v) is 3.70. The van der Waals surface area contributed by atoms with Crippen molar-refractivity contribution >= 4 is 23.1 Å². The van der Waals surface area contributed by atoms with Crippen LogP contribution in [0.1, 0.15) is 18.9 Å². The number of thiophene rings is 1. The standard InChI is InChI=1S/C18H23N3O2S/c1-18(23,14-8-10-24-12-14)13-19-17(22)20-15-7-9-21(11-15)16-5-3-2-4-6-16/h2-6,8,10,12,15,23H,7,9,11,13H2,1H3,(H2,19,20,22)/t15-,18+/m0/s1. The molecule has 0 aliphatic carbocycles. The predicted molar refractivity (Wildman–Crippen MR) is 97.5 cm³/mol. The van der Waals surface area contributed by atoms with E-state index in [1.807, 2.05) is 35.0 Å². The summed E-state index contributed by atoms with van der Waals surface area (Å²) in [6, 6.07) is 12.0. The van der Waals surface area contributed by atoms with E-state index in [0.29, 0.717) is 0 Å². The van der Waals surface area contributed by atoms with E-state index in [9.17, 15) is 9.90 Å². The summed E-state index contributed by atoms with van der Waals surface area (Å²) in [5.41, 5.74) is 0.954. The highest BCUT2D eigenvalue weighted by molar-refractivity contribution is 7.08. The lowest BCUT2D eigenvalue weighted by atomic mass is 9.99. The summed E-state index contributed by atoms with van der Waals surface area (Å²) in [5.74, 6) is 0. The van der Waals surface area contributed by atoms with Gasteiger partial charge in [0, 0.05) is 24.8 Å². The van der Waals surface area contributed by atoms with Gasteiger partial charge < -0.3 is 20.6 Å². The fraction of sp³-hybridized carbons (Fsp3) is 0.389. The molecule has 2 aromatic rings. The van der Waals surface area contributed by atoms with Crippen molar-refractivity contribution in [2.24, 2.45) is 0 Å². The molecule has 0 unspecified atom stereocenters. The van der Waals surface area contributed by atoms with Gasteiger partial charge >= 0.3 is 6.03 Å². The number of rotatable bonds is 5. The van der Waals surface area contributed by atoms with E-state index in [4.69, 9.17) is 0 Å². The number of aliphatic hydroxyl groups is 1. The summed E-state index contributed by atoms with van der Waals surface area (Å²) < 4.78 is 0. The first-order chi connectivity index (χ1) is 11.5. The Morgan fingerprint density at radius 3 is 2.88 bits per heavy atom. The summed E-state index contributed by atoms with van der Waals surface area (Å²) in [7, 11) is 0. The second kappa shape index (κ2) is 7.23. The number of urea groups is 1. The van der Waals surface area contributed by atoms with Crippen molar-refractivity contribution in [3.8, 4) is 0 Å². The Morgan fingerprint density at radius 2 is 2.17 bits per heavy atom. The molecule has 2 amide bonds. The van der Waals surface area contributed by atoms with E-state index in [2.05, 4.69) is 27.7 Å². The first-order valence-electron chi connectivity index (χ1n) is 8.14. The Kier molecular flexibility index (Phi) is 5.06. The SMILES string of the molecule is C[C@@](O)(CNC(=O)N[C@H]1CCN(c2ccccc2)C1)c1ccsc1. The van der Waals surface area contributed by atoms with Crippen LogP contribution < -0.4 is 15.5 Å². The summed E-state index contributed by atoms with van der Waals surface area (Å²) in [6.45, 7) is 3.63. The van der Waals surface area contributed by atoms with Gasteiger partial charge in [0.05, 0.1) is 6.54 Å². The molecule has 1 aromatic carbocycles. The van der Waals surface area contributed by atoms with Crippen LogP contribution in [0.5, 0.6) is 0 Å². The third-order valence-corrected chi connectivity index (χ3v) is 5.06. The van der Waals surface area contributed by atoms with E-state index < -0.39 is 5.60 Å². The van der Waals surface area contributed by atoms with Crippen molar-refractivity contribution < 1.29 is 9.90 Å². The van der Waals surface area contributed by atoms with Crippen LogP contribution in [0.2, 0.25) is 0 Å². The number of anilines is 1. The van der Waals surface area contributed by atoms with Gasteiger partial charge in [-0.2, -0.15) is 11.3 Å². The molecule has 1 fully saturated rings. The van der Waals surface area contributed by atoms with Crippen LogP contribution in [-0.2, 0) is 5.60 Å². The van der Waals surface area contributed by atoms with Gasteiger partial charge in [0.2, 0.25) is 0 Å². The van der Waals surface area contributed by atoms with Crippen LogP contribution in [0.25, 0.3) is 0 Å². The van der Waals surface area contributed by atoms with Crippen LogP contribution in [0, 0.1) is 0 Å². The van der Waals surface area contributed by atoms with Gasteiger partial charge in [-0.3, -0.25) is 0 Å². The molecule has 0 spiro atoms. The van der Waals surface area contributed by atoms with Gasteiger partial charge in [0.25, 0.3) is 0 Å². The molecule has 0 saturated carbocycles. The third kappa shape index (κ3) is 4.07. The molecule has 128 valence electrons. The first-order valence-corrected chi connectivity index (χ1v) is 9.08. The van der Waals surface area contributed by atoms with Crippen molar-refractivity contribution in [3.05, 3.63) is 52.7 Å². The molecule has 6 heteroatoms. The van der Waals surface area contributed by atoms with Crippen LogP contribution >= 0.6 is 11.3 Å². The molecule has 0 bridgehead atoms. The van der Waals surface area contributed by atoms with Crippen molar-refractivity contribution in [2.75, 3.05) is 24.5 Å². The molecular formula is C18H23N3O2S. The monoisotopic (exact) mass is 345 g/mol. The number of hydrogen-bond donors (Lipinski definition) is 3. The Morgan fingerprint density at radius 1 is 1.38 bits per heavy atom. The number of amides is 2. The lowest BCUT2D eigenvalue weighted by Gasteiger charge is -2.24. The minimum atomic E-state index is -1.05. The average Bonchev–Trinajstić information content (AvgIpc) is 3.26. The maximum atomic E-state index is 12.1. The summed E-state index contributed by atoms with van der Waals surface area (Å²) in [6.07, 6.45) is 0.920. The van der Waals surface area contributed by atoms with E-state index in [1.165, 1.54) is 17.0 Å². The van der Waals surface area contributed by atoms with Crippen molar-refractivity contribution in [3.63, 3.8) is 0 Å². The molecule has 24 heavy (non-hydrogen) atoms. The molecule has 3 N–H and O–H groups in total. The summed E-state index contributed by atoms with van der Waals surface area (Å²) in [4.78, 5) is 14.4. The molecule has 2 atom stereocenters. The van der Waals surface area contributed by atoms with Crippen LogP contribution in [0.3, 0.4) is 0 Å². The van der Waals surface area contributed by atoms with E-state index >= 15 is 0 Å². The second-order valence-electron chi connectivity index (χ2n) is 6.38. The summed E-state index contributed by atoms with van der Waals surface area (Å²) >= 11 is 1.53. The number of nitrogens with one attached hydrogen (secondary N) is 2. The molecule has 1 aliphatic rings. The highest BCUT2D eigenvalue weighted by Crippen LogP contribution is 2.22. The van der Waals surface area contributed by atoms with Gasteiger partial charge in [0.15, 0.2) is 0 Å². The second-order valence-corrected chi connectivity index (χ2v) is 7.16. The number of hydrogen-bond acceptors (Lipinski definition) is 4. The predicted octanol–water partition coefficient (Wildman–Crippen LogP) is 2.53. The molecule has 5 nitrogen and oxygen atoms in total. The van der Waals surface area contributed by atoms with Gasteiger partial charge in [-0.25, -0.2) is 4.79 Å². The Balaban J connectivity index is 1.46. The van der Waals surface area contributed by atoms with Crippen LogP contribution in [0.4, 0.5) is 10.5 Å². The zero-order valence-electron chi connectivity index (χ0n) is 13.7. The normalized spacial score (nSPS) is 19.8. The zero-order valence-corrected chi connectivity index (χ0v) is 14.6. The quantitative estimate of drug-likeness (QED) is 0.780. The minimum Gasteiger partial charge on any atom is -0.384 e. The molecule has 0 radical (unpaired) electrons. The number of carbonyl (C=O) groups excluding carboxylic acids is 1. The molecule has 1 aromatic heterocycles. The van der Waals surface area contributed by atoms with E-state index in [1.54, 1.807) is 6.92 Å². The molecule has 1 aliphatic heterocycles. The lowest BCUT2D eigenvalue weighted by molar-refractivity contribution is 0.0597. The van der Waals surface area contributed by atoms with Crippen LogP contribution in [-0.4, -0.2) is 36.8 Å². The zero-order chi connectivity index (χ0) is 17.0. The first kappa shape index (κ1) is 16.8. The minimum absolute atomic E-state index is 0.122. The molecule has 3 rings (SSSR count). The maximum absolute atomic E-state index is 12.1. The average molecular weight is 345 g/mol. The molecular weight excluding hydrogens is 322 g/mol. The van der Waals surface area contributed by atoms with Crippen molar-refractivity contribution in [2.45, 2.75) is 25.0 Å². The van der Waals surface area contributed by atoms with Crippen LogP contribution in [0.15, 0.2) is 47.2 Å². The Bertz CT molecular complexity index is 658. The Labute approximate surface area is 146 Å². The smallest absolute Gasteiger partial charge is 0.315 e. The molecule has 2 heterocycles. The topological polar surface area (TPSA) is 64.6 Å². The van der Waals surface area contributed by atoms with Gasteiger partial charge in [-0.1, -0.05) is 18.2 Å². The van der Waals surface area contributed by atoms with Crippen molar-refractivity contribution in [1.82, 2.24) is 10.6 Å². The number of nitrogens with zero attached hydrogens (tertiary/aromatic N) is 1. The van der Waals surface area contributed by atoms with Gasteiger partial charge in [0.1, 0.15) is 5.60 Å². The highest BCUT2D eigenvalue weighted by atomic mass is 32.1.